The van der Waals surface area contributed by atoms with E-state index in [4.69, 9.17) is 5.11 Å². The van der Waals surface area contributed by atoms with Crippen LogP contribution in [0.5, 0.6) is 0 Å². The molecule has 1 aromatic heterocycles. The molecule has 1 heterocycles. The van der Waals surface area contributed by atoms with Crippen LogP contribution in [-0.4, -0.2) is 40.9 Å². The lowest BCUT2D eigenvalue weighted by Gasteiger charge is -2.35. The Balaban J connectivity index is 1.94. The minimum absolute atomic E-state index is 0.0567. The highest BCUT2D eigenvalue weighted by atomic mass is 16.4. The van der Waals surface area contributed by atoms with E-state index in [1.807, 2.05) is 11.9 Å². The molecule has 1 aliphatic rings. The average Bonchev–Trinajstić information content (AvgIpc) is 2.27. The fraction of sp³-hybridized carbons (Fsp3) is 0.500. The summed E-state index contributed by atoms with van der Waals surface area (Å²) < 4.78 is 0. The van der Waals surface area contributed by atoms with Crippen LogP contribution in [0.1, 0.15) is 23.3 Å². The third-order valence-electron chi connectivity index (χ3n) is 3.15. The lowest BCUT2D eigenvalue weighted by molar-refractivity contribution is 0.0464. The number of pyridine rings is 1. The summed E-state index contributed by atoms with van der Waals surface area (Å²) in [6.45, 7) is 0.866. The van der Waals surface area contributed by atoms with Gasteiger partial charge in [0.2, 0.25) is 0 Å². The number of hydrogen-bond donors (Lipinski definition) is 2. The molecule has 2 N–H and O–H groups in total. The largest absolute Gasteiger partial charge is 0.477 e. The Hall–Kier alpha value is -1.62. The van der Waals surface area contributed by atoms with E-state index in [2.05, 4.69) is 4.98 Å². The first-order valence-corrected chi connectivity index (χ1v) is 5.65. The standard InChI is InChI=1S/C12H16N2O3/c1-14(7-8-4-10(15)5-8)9-2-3-11(12(16)17)13-6-9/h2-3,6,8,10,15H,4-5,7H2,1H3,(H,16,17). The molecule has 0 aliphatic heterocycles. The van der Waals surface area contributed by atoms with Crippen molar-refractivity contribution in [3.63, 3.8) is 0 Å². The van der Waals surface area contributed by atoms with Gasteiger partial charge in [0.05, 0.1) is 18.0 Å². The van der Waals surface area contributed by atoms with Crippen molar-refractivity contribution in [1.82, 2.24) is 4.98 Å². The highest BCUT2D eigenvalue weighted by Crippen LogP contribution is 2.28. The van der Waals surface area contributed by atoms with Gasteiger partial charge < -0.3 is 15.1 Å². The van der Waals surface area contributed by atoms with E-state index in [0.29, 0.717) is 5.92 Å². The van der Waals surface area contributed by atoms with E-state index in [-0.39, 0.29) is 11.8 Å². The average molecular weight is 236 g/mol. The van der Waals surface area contributed by atoms with Gasteiger partial charge in [0.15, 0.2) is 0 Å². The van der Waals surface area contributed by atoms with Gasteiger partial charge in [-0.25, -0.2) is 9.78 Å². The summed E-state index contributed by atoms with van der Waals surface area (Å²) in [5, 5.41) is 17.9. The van der Waals surface area contributed by atoms with Gasteiger partial charge in [-0.2, -0.15) is 0 Å². The summed E-state index contributed by atoms with van der Waals surface area (Å²) in [7, 11) is 1.95. The van der Waals surface area contributed by atoms with Crippen molar-refractivity contribution in [2.24, 2.45) is 5.92 Å². The molecule has 92 valence electrons. The Labute approximate surface area is 99.7 Å². The SMILES string of the molecule is CN(CC1CC(O)C1)c1ccc(C(=O)O)nc1. The first kappa shape index (κ1) is 11.9. The molecule has 0 unspecified atom stereocenters. The fourth-order valence-electron chi connectivity index (χ4n) is 2.08. The van der Waals surface area contributed by atoms with Gasteiger partial charge in [0, 0.05) is 13.6 Å². The van der Waals surface area contributed by atoms with E-state index in [9.17, 15) is 9.90 Å². The summed E-state index contributed by atoms with van der Waals surface area (Å²) in [5.41, 5.74) is 0.956. The van der Waals surface area contributed by atoms with Crippen LogP contribution < -0.4 is 4.90 Å². The molecule has 0 radical (unpaired) electrons. The Morgan fingerprint density at radius 3 is 2.71 bits per heavy atom. The van der Waals surface area contributed by atoms with Crippen molar-refractivity contribution in [2.45, 2.75) is 18.9 Å². The molecule has 17 heavy (non-hydrogen) atoms. The van der Waals surface area contributed by atoms with Gasteiger partial charge in [-0.1, -0.05) is 0 Å². The Morgan fingerprint density at radius 2 is 2.24 bits per heavy atom. The van der Waals surface area contributed by atoms with Crippen molar-refractivity contribution >= 4 is 11.7 Å². The van der Waals surface area contributed by atoms with Crippen LogP contribution in [0.2, 0.25) is 0 Å². The number of aliphatic hydroxyl groups excluding tert-OH is 1. The van der Waals surface area contributed by atoms with Crippen LogP contribution in [0.25, 0.3) is 0 Å². The van der Waals surface area contributed by atoms with Crippen molar-refractivity contribution in [3.05, 3.63) is 24.0 Å². The molecule has 0 aromatic carbocycles. The zero-order valence-electron chi connectivity index (χ0n) is 9.71. The Bertz CT molecular complexity index is 399. The molecule has 1 saturated carbocycles. The van der Waals surface area contributed by atoms with E-state index in [1.54, 1.807) is 12.3 Å². The monoisotopic (exact) mass is 236 g/mol. The number of carboxylic acid groups (broad SMARTS) is 1. The molecule has 5 nitrogen and oxygen atoms in total. The molecule has 0 atom stereocenters. The number of nitrogens with zero attached hydrogens (tertiary/aromatic N) is 2. The molecule has 0 spiro atoms. The number of aliphatic hydroxyl groups is 1. The first-order valence-electron chi connectivity index (χ1n) is 5.65. The minimum Gasteiger partial charge on any atom is -0.477 e. The quantitative estimate of drug-likeness (QED) is 0.815. The highest BCUT2D eigenvalue weighted by molar-refractivity contribution is 5.85. The predicted molar refractivity (Wildman–Crippen MR) is 63.2 cm³/mol. The van der Waals surface area contributed by atoms with Gasteiger partial charge in [-0.3, -0.25) is 0 Å². The number of carbonyl (C=O) groups is 1. The van der Waals surface area contributed by atoms with Crippen LogP contribution in [0.15, 0.2) is 18.3 Å². The van der Waals surface area contributed by atoms with Crippen molar-refractivity contribution < 1.29 is 15.0 Å². The van der Waals surface area contributed by atoms with Gasteiger partial charge in [0.1, 0.15) is 5.69 Å². The topological polar surface area (TPSA) is 73.7 Å². The van der Waals surface area contributed by atoms with E-state index < -0.39 is 5.97 Å². The van der Waals surface area contributed by atoms with Crippen molar-refractivity contribution in [2.75, 3.05) is 18.5 Å². The van der Waals surface area contributed by atoms with Crippen LogP contribution in [-0.2, 0) is 0 Å². The molecule has 5 heteroatoms. The second-order valence-electron chi connectivity index (χ2n) is 4.58. The van der Waals surface area contributed by atoms with Crippen LogP contribution in [0, 0.1) is 5.92 Å². The smallest absolute Gasteiger partial charge is 0.354 e. The summed E-state index contributed by atoms with van der Waals surface area (Å²) in [6, 6.07) is 3.26. The highest BCUT2D eigenvalue weighted by Gasteiger charge is 2.28. The number of anilines is 1. The van der Waals surface area contributed by atoms with Gasteiger partial charge in [0.25, 0.3) is 0 Å². The zero-order valence-corrected chi connectivity index (χ0v) is 9.71. The molecule has 2 rings (SSSR count). The predicted octanol–water partition coefficient (Wildman–Crippen LogP) is 0.987. The van der Waals surface area contributed by atoms with E-state index in [1.165, 1.54) is 6.07 Å². The lowest BCUT2D eigenvalue weighted by atomic mass is 9.82. The Kier molecular flexibility index (Phi) is 3.28. The maximum Gasteiger partial charge on any atom is 0.354 e. The number of aromatic carboxylic acids is 1. The molecular formula is C12H16N2O3. The minimum atomic E-state index is -1.01. The van der Waals surface area contributed by atoms with Crippen LogP contribution in [0.3, 0.4) is 0 Å². The molecule has 0 amide bonds. The number of aromatic nitrogens is 1. The second-order valence-corrected chi connectivity index (χ2v) is 4.58. The lowest BCUT2D eigenvalue weighted by Crippen LogP contribution is -2.37. The first-order chi connectivity index (χ1) is 8.06. The molecule has 1 fully saturated rings. The van der Waals surface area contributed by atoms with Crippen LogP contribution >= 0.6 is 0 Å². The third kappa shape index (κ3) is 2.74. The second kappa shape index (κ2) is 4.71. The summed E-state index contributed by atoms with van der Waals surface area (Å²) in [5.74, 6) is -0.490. The number of hydrogen-bond acceptors (Lipinski definition) is 4. The normalized spacial score (nSPS) is 22.9. The van der Waals surface area contributed by atoms with E-state index in [0.717, 1.165) is 25.1 Å². The van der Waals surface area contributed by atoms with Crippen molar-refractivity contribution in [3.8, 4) is 0 Å². The summed E-state index contributed by atoms with van der Waals surface area (Å²) >= 11 is 0. The fourth-order valence-corrected chi connectivity index (χ4v) is 2.08. The van der Waals surface area contributed by atoms with Gasteiger partial charge >= 0.3 is 5.97 Å². The number of rotatable bonds is 4. The molecule has 0 saturated heterocycles. The van der Waals surface area contributed by atoms with Gasteiger partial charge in [-0.15, -0.1) is 0 Å². The third-order valence-corrected chi connectivity index (χ3v) is 3.15. The summed E-state index contributed by atoms with van der Waals surface area (Å²) in [4.78, 5) is 16.6. The van der Waals surface area contributed by atoms with Crippen molar-refractivity contribution in [1.29, 1.82) is 0 Å². The van der Waals surface area contributed by atoms with Crippen LogP contribution in [0.4, 0.5) is 5.69 Å². The van der Waals surface area contributed by atoms with E-state index >= 15 is 0 Å². The number of carboxylic acids is 1. The van der Waals surface area contributed by atoms with Gasteiger partial charge in [-0.05, 0) is 30.9 Å². The maximum absolute atomic E-state index is 10.6. The molecule has 1 aliphatic carbocycles. The maximum atomic E-state index is 10.6. The molecule has 0 bridgehead atoms. The summed E-state index contributed by atoms with van der Waals surface area (Å²) in [6.07, 6.45) is 3.13. The Morgan fingerprint density at radius 1 is 1.53 bits per heavy atom. The zero-order chi connectivity index (χ0) is 12.4. The molecule has 1 aromatic rings. The molecular weight excluding hydrogens is 220 g/mol.